The second-order valence-corrected chi connectivity index (χ2v) is 8.15. The molecular formula is C24H23Cl3FNO2. The zero-order valence-corrected chi connectivity index (χ0v) is 19.3. The van der Waals surface area contributed by atoms with E-state index in [2.05, 4.69) is 5.32 Å². The van der Waals surface area contributed by atoms with Crippen molar-refractivity contribution >= 4 is 34.8 Å². The van der Waals surface area contributed by atoms with Gasteiger partial charge in [0.2, 0.25) is 0 Å². The molecule has 7 heteroatoms. The second-order valence-electron chi connectivity index (χ2n) is 6.90. The van der Waals surface area contributed by atoms with Crippen LogP contribution >= 0.6 is 34.8 Å². The molecule has 0 heterocycles. The van der Waals surface area contributed by atoms with Crippen LogP contribution in [-0.2, 0) is 19.6 Å². The van der Waals surface area contributed by atoms with E-state index in [0.717, 1.165) is 24.1 Å². The Morgan fingerprint density at radius 3 is 2.35 bits per heavy atom. The summed E-state index contributed by atoms with van der Waals surface area (Å²) in [5, 5.41) is 5.05. The second kappa shape index (κ2) is 11.6. The number of ether oxygens (including phenoxy) is 2. The molecule has 0 aliphatic carbocycles. The quantitative estimate of drug-likeness (QED) is 0.313. The molecule has 0 aliphatic heterocycles. The summed E-state index contributed by atoms with van der Waals surface area (Å²) in [6.07, 6.45) is 0.800. The van der Waals surface area contributed by atoms with Gasteiger partial charge in [-0.3, -0.25) is 0 Å². The van der Waals surface area contributed by atoms with Crippen molar-refractivity contribution in [1.82, 2.24) is 5.32 Å². The average molecular weight is 483 g/mol. The number of hydrogen-bond donors (Lipinski definition) is 1. The smallest absolute Gasteiger partial charge is 0.161 e. The van der Waals surface area contributed by atoms with Crippen LogP contribution in [0.5, 0.6) is 11.5 Å². The third-order valence-corrected chi connectivity index (χ3v) is 5.56. The van der Waals surface area contributed by atoms with Gasteiger partial charge in [0.25, 0.3) is 0 Å². The van der Waals surface area contributed by atoms with Crippen molar-refractivity contribution in [2.24, 2.45) is 0 Å². The lowest BCUT2D eigenvalue weighted by atomic mass is 10.1. The van der Waals surface area contributed by atoms with E-state index in [0.29, 0.717) is 45.3 Å². The van der Waals surface area contributed by atoms with Crippen LogP contribution in [-0.4, -0.2) is 13.2 Å². The van der Waals surface area contributed by atoms with Gasteiger partial charge in [-0.05, 0) is 67.4 Å². The molecule has 31 heavy (non-hydrogen) atoms. The van der Waals surface area contributed by atoms with Gasteiger partial charge in [0.15, 0.2) is 11.5 Å². The summed E-state index contributed by atoms with van der Waals surface area (Å²) in [4.78, 5) is 0. The van der Waals surface area contributed by atoms with Gasteiger partial charge < -0.3 is 14.8 Å². The van der Waals surface area contributed by atoms with Crippen LogP contribution in [0.3, 0.4) is 0 Å². The lowest BCUT2D eigenvalue weighted by molar-refractivity contribution is 0.269. The molecular weight excluding hydrogens is 460 g/mol. The molecule has 0 unspecified atom stereocenters. The Labute approximate surface area is 197 Å². The van der Waals surface area contributed by atoms with Gasteiger partial charge >= 0.3 is 0 Å². The van der Waals surface area contributed by atoms with Gasteiger partial charge in [0.1, 0.15) is 12.4 Å². The topological polar surface area (TPSA) is 30.5 Å². The van der Waals surface area contributed by atoms with Crippen molar-refractivity contribution in [2.45, 2.75) is 26.5 Å². The summed E-state index contributed by atoms with van der Waals surface area (Å²) >= 11 is 18.2. The fourth-order valence-electron chi connectivity index (χ4n) is 3.02. The fourth-order valence-corrected chi connectivity index (χ4v) is 3.75. The Hall–Kier alpha value is -1.98. The highest BCUT2D eigenvalue weighted by Crippen LogP contribution is 2.30. The zero-order chi connectivity index (χ0) is 22.2. The molecule has 3 aromatic rings. The summed E-state index contributed by atoms with van der Waals surface area (Å²) in [5.41, 5.74) is 2.83. The number of halogens is 4. The summed E-state index contributed by atoms with van der Waals surface area (Å²) in [5.74, 6) is 0.888. The minimum atomic E-state index is -0.376. The third-order valence-electron chi connectivity index (χ3n) is 4.62. The summed E-state index contributed by atoms with van der Waals surface area (Å²) in [7, 11) is 0. The molecule has 3 rings (SSSR count). The van der Waals surface area contributed by atoms with E-state index in [1.807, 2.05) is 37.3 Å². The molecule has 0 saturated heterocycles. The Kier molecular flexibility index (Phi) is 8.85. The van der Waals surface area contributed by atoms with Crippen LogP contribution in [0.15, 0.2) is 54.6 Å². The lowest BCUT2D eigenvalue weighted by Gasteiger charge is -2.14. The van der Waals surface area contributed by atoms with Crippen molar-refractivity contribution in [1.29, 1.82) is 0 Å². The number of benzene rings is 3. The first-order valence-electron chi connectivity index (χ1n) is 9.93. The molecule has 3 nitrogen and oxygen atoms in total. The highest BCUT2D eigenvalue weighted by Gasteiger charge is 2.09. The van der Waals surface area contributed by atoms with Crippen LogP contribution in [0.25, 0.3) is 0 Å². The van der Waals surface area contributed by atoms with Gasteiger partial charge in [-0.15, -0.1) is 0 Å². The van der Waals surface area contributed by atoms with E-state index in [1.54, 1.807) is 12.1 Å². The Bertz CT molecular complexity index is 1030. The molecule has 164 valence electrons. The average Bonchev–Trinajstić information content (AvgIpc) is 2.73. The maximum atomic E-state index is 13.2. The van der Waals surface area contributed by atoms with Gasteiger partial charge in [-0.25, -0.2) is 4.39 Å². The van der Waals surface area contributed by atoms with Crippen molar-refractivity contribution in [3.63, 3.8) is 0 Å². The Morgan fingerprint density at radius 2 is 1.61 bits per heavy atom. The number of rotatable bonds is 10. The first-order valence-corrected chi connectivity index (χ1v) is 11.1. The van der Waals surface area contributed by atoms with Gasteiger partial charge in [0.05, 0.1) is 11.6 Å². The maximum absolute atomic E-state index is 13.2. The van der Waals surface area contributed by atoms with Gasteiger partial charge in [-0.2, -0.15) is 0 Å². The predicted octanol–water partition coefficient (Wildman–Crippen LogP) is 7.10. The number of hydrogen-bond acceptors (Lipinski definition) is 3. The molecule has 0 radical (unpaired) electrons. The van der Waals surface area contributed by atoms with Crippen LogP contribution in [0.1, 0.15) is 23.6 Å². The molecule has 0 fully saturated rings. The highest BCUT2D eigenvalue weighted by molar-refractivity contribution is 6.35. The summed E-state index contributed by atoms with van der Waals surface area (Å²) in [6.45, 7) is 4.10. The standard InChI is InChI=1S/C24H23Cl3FNO2/c1-2-30-24-11-16(14-29-10-9-17-4-6-19(25)12-21(17)26)3-8-23(24)31-15-18-5-7-20(28)13-22(18)27/h3-8,11-13,29H,2,9-10,14-15H2,1H3. The van der Waals surface area contributed by atoms with Gasteiger partial charge in [-0.1, -0.05) is 53.0 Å². The molecule has 1 N–H and O–H groups in total. The molecule has 0 aromatic heterocycles. The molecule has 0 spiro atoms. The van der Waals surface area contributed by atoms with Crippen LogP contribution in [0.4, 0.5) is 4.39 Å². The minimum Gasteiger partial charge on any atom is -0.490 e. The van der Waals surface area contributed by atoms with Crippen LogP contribution in [0.2, 0.25) is 15.1 Å². The Morgan fingerprint density at radius 1 is 0.839 bits per heavy atom. The van der Waals surface area contributed by atoms with E-state index in [9.17, 15) is 4.39 Å². The predicted molar refractivity (Wildman–Crippen MR) is 125 cm³/mol. The van der Waals surface area contributed by atoms with E-state index in [-0.39, 0.29) is 12.4 Å². The van der Waals surface area contributed by atoms with E-state index in [4.69, 9.17) is 44.3 Å². The molecule has 0 atom stereocenters. The van der Waals surface area contributed by atoms with Gasteiger partial charge in [0, 0.05) is 22.2 Å². The minimum absolute atomic E-state index is 0.221. The zero-order valence-electron chi connectivity index (χ0n) is 17.1. The van der Waals surface area contributed by atoms with E-state index in [1.165, 1.54) is 12.1 Å². The largest absolute Gasteiger partial charge is 0.490 e. The normalized spacial score (nSPS) is 10.9. The number of nitrogens with one attached hydrogen (secondary N) is 1. The van der Waals surface area contributed by atoms with Crippen molar-refractivity contribution < 1.29 is 13.9 Å². The van der Waals surface area contributed by atoms with Crippen molar-refractivity contribution in [3.05, 3.63) is 92.2 Å². The lowest BCUT2D eigenvalue weighted by Crippen LogP contribution is -2.17. The van der Waals surface area contributed by atoms with Crippen LogP contribution < -0.4 is 14.8 Å². The van der Waals surface area contributed by atoms with Crippen molar-refractivity contribution in [3.8, 4) is 11.5 Å². The van der Waals surface area contributed by atoms with Crippen LogP contribution in [0, 0.1) is 5.82 Å². The van der Waals surface area contributed by atoms with Crippen molar-refractivity contribution in [2.75, 3.05) is 13.2 Å². The molecule has 0 bridgehead atoms. The summed E-state index contributed by atoms with van der Waals surface area (Å²) < 4.78 is 24.8. The highest BCUT2D eigenvalue weighted by atomic mass is 35.5. The maximum Gasteiger partial charge on any atom is 0.161 e. The first-order chi connectivity index (χ1) is 15.0. The molecule has 0 amide bonds. The molecule has 3 aromatic carbocycles. The SMILES string of the molecule is CCOc1cc(CNCCc2ccc(Cl)cc2Cl)ccc1OCc1ccc(F)cc1Cl. The summed E-state index contributed by atoms with van der Waals surface area (Å²) in [6, 6.07) is 15.6. The fraction of sp³-hybridized carbons (Fsp3) is 0.250. The van der Waals surface area contributed by atoms with E-state index < -0.39 is 0 Å². The molecule has 0 aliphatic rings. The van der Waals surface area contributed by atoms with E-state index >= 15 is 0 Å². The third kappa shape index (κ3) is 7.01. The monoisotopic (exact) mass is 481 g/mol. The Balaban J connectivity index is 1.57. The first kappa shape index (κ1) is 23.7. The molecule has 0 saturated carbocycles.